The Balaban J connectivity index is 1.99. The van der Waals surface area contributed by atoms with Crippen molar-refractivity contribution in [1.82, 2.24) is 9.88 Å². The van der Waals surface area contributed by atoms with E-state index in [1.807, 2.05) is 0 Å². The Labute approximate surface area is 114 Å². The second-order valence-corrected chi connectivity index (χ2v) is 4.30. The molecule has 10 heteroatoms. The van der Waals surface area contributed by atoms with Crippen LogP contribution in [0.2, 0.25) is 0 Å². The molecule has 4 nitrogen and oxygen atoms in total. The molecule has 0 aromatic carbocycles. The number of carbonyl (C=O) groups excluding carboxylic acids is 1. The van der Waals surface area contributed by atoms with E-state index in [0.717, 1.165) is 18.3 Å². The van der Waals surface area contributed by atoms with Crippen LogP contribution < -0.4 is 4.74 Å². The zero-order valence-electron chi connectivity index (χ0n) is 10.2. The summed E-state index contributed by atoms with van der Waals surface area (Å²) in [6, 6.07) is 1.82. The number of amides is 1. The lowest BCUT2D eigenvalue weighted by Crippen LogP contribution is -2.59. The molecule has 2 rings (SSSR count). The Morgan fingerprint density at radius 2 is 1.86 bits per heavy atom. The van der Waals surface area contributed by atoms with Crippen LogP contribution in [0.25, 0.3) is 0 Å². The third kappa shape index (κ3) is 3.37. The van der Waals surface area contributed by atoms with Gasteiger partial charge in [-0.1, -0.05) is 0 Å². The number of hydrogen-bond donors (Lipinski definition) is 0. The maximum Gasteiger partial charge on any atom is 0.471 e. The highest BCUT2D eigenvalue weighted by Crippen LogP contribution is 2.35. The number of hydrogen-bond acceptors (Lipinski definition) is 3. The van der Waals surface area contributed by atoms with Crippen LogP contribution in [0.15, 0.2) is 18.3 Å². The Morgan fingerprint density at radius 3 is 2.38 bits per heavy atom. The van der Waals surface area contributed by atoms with Crippen LogP contribution in [-0.4, -0.2) is 41.2 Å². The normalized spacial score (nSPS) is 16.6. The van der Waals surface area contributed by atoms with Crippen LogP contribution in [0.5, 0.6) is 5.88 Å². The molecule has 1 amide bonds. The summed E-state index contributed by atoms with van der Waals surface area (Å²) in [5.74, 6) is -2.76. The van der Waals surface area contributed by atoms with Gasteiger partial charge >= 0.3 is 18.3 Å². The van der Waals surface area contributed by atoms with E-state index in [1.54, 1.807) is 0 Å². The third-order valence-electron chi connectivity index (χ3n) is 2.73. The van der Waals surface area contributed by atoms with Gasteiger partial charge in [-0.3, -0.25) is 4.79 Å². The SMILES string of the molecule is O=C(N1CC(Oc2ncccc2C(F)(F)F)C1)C(F)(F)F. The third-order valence-corrected chi connectivity index (χ3v) is 2.73. The standard InChI is InChI=1S/C11H8F6N2O2/c12-10(13,14)7-2-1-3-18-8(7)21-6-4-19(5-6)9(20)11(15,16)17/h1-3,6H,4-5H2. The fraction of sp³-hybridized carbons (Fsp3) is 0.455. The fourth-order valence-electron chi connectivity index (χ4n) is 1.72. The van der Waals surface area contributed by atoms with Crippen molar-refractivity contribution >= 4 is 5.91 Å². The zero-order chi connectivity index (χ0) is 15.8. The van der Waals surface area contributed by atoms with Crippen molar-refractivity contribution in [1.29, 1.82) is 0 Å². The summed E-state index contributed by atoms with van der Waals surface area (Å²) in [6.07, 6.45) is -9.57. The molecule has 1 fully saturated rings. The van der Waals surface area contributed by atoms with Crippen molar-refractivity contribution < 1.29 is 35.9 Å². The molecular formula is C11H8F6N2O2. The summed E-state index contributed by atoms with van der Waals surface area (Å²) < 4.78 is 79.2. The van der Waals surface area contributed by atoms with Gasteiger partial charge in [-0.2, -0.15) is 26.3 Å². The van der Waals surface area contributed by atoms with Crippen molar-refractivity contribution in [3.63, 3.8) is 0 Å². The first kappa shape index (κ1) is 15.4. The van der Waals surface area contributed by atoms with Crippen LogP contribution in [0.3, 0.4) is 0 Å². The van der Waals surface area contributed by atoms with E-state index in [-0.39, 0.29) is 0 Å². The Bertz CT molecular complexity index is 536. The zero-order valence-corrected chi connectivity index (χ0v) is 10.2. The van der Waals surface area contributed by atoms with Crippen LogP contribution in [0.1, 0.15) is 5.56 Å². The van der Waals surface area contributed by atoms with Crippen molar-refractivity contribution in [2.75, 3.05) is 13.1 Å². The van der Waals surface area contributed by atoms with Gasteiger partial charge < -0.3 is 9.64 Å². The molecule has 1 aliphatic rings. The molecule has 0 aliphatic carbocycles. The summed E-state index contributed by atoms with van der Waals surface area (Å²) in [7, 11) is 0. The predicted molar refractivity (Wildman–Crippen MR) is 56.3 cm³/mol. The van der Waals surface area contributed by atoms with E-state index in [9.17, 15) is 31.1 Å². The van der Waals surface area contributed by atoms with Gasteiger partial charge in [0.2, 0.25) is 5.88 Å². The lowest BCUT2D eigenvalue weighted by Gasteiger charge is -2.39. The Morgan fingerprint density at radius 1 is 1.24 bits per heavy atom. The van der Waals surface area contributed by atoms with Crippen LogP contribution >= 0.6 is 0 Å². The molecule has 1 aromatic heterocycles. The summed E-state index contributed by atoms with van der Waals surface area (Å²) in [4.78, 5) is 14.7. The molecule has 1 saturated heterocycles. The molecule has 21 heavy (non-hydrogen) atoms. The minimum atomic E-state index is -5.01. The maximum atomic E-state index is 12.6. The van der Waals surface area contributed by atoms with Crippen molar-refractivity contribution in [3.8, 4) is 5.88 Å². The van der Waals surface area contributed by atoms with Crippen molar-refractivity contribution in [3.05, 3.63) is 23.9 Å². The van der Waals surface area contributed by atoms with E-state index in [1.165, 1.54) is 0 Å². The fourth-order valence-corrected chi connectivity index (χ4v) is 1.72. The number of nitrogens with zero attached hydrogens (tertiary/aromatic N) is 2. The van der Waals surface area contributed by atoms with Crippen molar-refractivity contribution in [2.24, 2.45) is 0 Å². The minimum Gasteiger partial charge on any atom is -0.470 e. The second-order valence-electron chi connectivity index (χ2n) is 4.30. The highest BCUT2D eigenvalue weighted by molar-refractivity contribution is 5.82. The van der Waals surface area contributed by atoms with Crippen molar-refractivity contribution in [2.45, 2.75) is 18.5 Å². The minimum absolute atomic E-state index is 0.438. The average molecular weight is 314 g/mol. The molecule has 0 spiro atoms. The second kappa shape index (κ2) is 5.08. The first-order chi connectivity index (χ1) is 9.59. The first-order valence-electron chi connectivity index (χ1n) is 5.64. The lowest BCUT2D eigenvalue weighted by atomic mass is 10.1. The average Bonchev–Trinajstić information content (AvgIpc) is 2.30. The number of alkyl halides is 6. The predicted octanol–water partition coefficient (Wildman–Crippen LogP) is 2.25. The van der Waals surface area contributed by atoms with E-state index in [2.05, 4.69) is 4.98 Å². The van der Waals surface area contributed by atoms with E-state index in [4.69, 9.17) is 4.74 Å². The molecule has 0 unspecified atom stereocenters. The van der Waals surface area contributed by atoms with Gasteiger partial charge in [0, 0.05) is 6.20 Å². The van der Waals surface area contributed by atoms with E-state index in [0.29, 0.717) is 4.90 Å². The van der Waals surface area contributed by atoms with Crippen LogP contribution in [0.4, 0.5) is 26.3 Å². The number of pyridine rings is 1. The summed E-state index contributed by atoms with van der Waals surface area (Å²) in [6.45, 7) is -0.877. The molecule has 0 saturated carbocycles. The number of carbonyl (C=O) groups is 1. The smallest absolute Gasteiger partial charge is 0.470 e. The summed E-state index contributed by atoms with van der Waals surface area (Å²) in [5, 5.41) is 0. The molecule has 0 bridgehead atoms. The van der Waals surface area contributed by atoms with Gasteiger partial charge in [0.15, 0.2) is 0 Å². The lowest BCUT2D eigenvalue weighted by molar-refractivity contribution is -0.193. The van der Waals surface area contributed by atoms with Crippen LogP contribution in [0, 0.1) is 0 Å². The molecular weight excluding hydrogens is 306 g/mol. The molecule has 1 aromatic rings. The van der Waals surface area contributed by atoms with Gasteiger partial charge in [-0.05, 0) is 12.1 Å². The number of halogens is 6. The Kier molecular flexibility index (Phi) is 3.72. The largest absolute Gasteiger partial charge is 0.471 e. The number of likely N-dealkylation sites (tertiary alicyclic amines) is 1. The highest BCUT2D eigenvalue weighted by Gasteiger charge is 2.47. The summed E-state index contributed by atoms with van der Waals surface area (Å²) in [5.41, 5.74) is -1.12. The van der Waals surface area contributed by atoms with Gasteiger partial charge in [0.25, 0.3) is 0 Å². The topological polar surface area (TPSA) is 42.4 Å². The molecule has 2 heterocycles. The number of ether oxygens (including phenoxy) is 1. The van der Waals surface area contributed by atoms with Gasteiger partial charge in [0.1, 0.15) is 11.7 Å². The highest BCUT2D eigenvalue weighted by atomic mass is 19.4. The molecule has 116 valence electrons. The van der Waals surface area contributed by atoms with Gasteiger partial charge in [0.05, 0.1) is 13.1 Å². The van der Waals surface area contributed by atoms with Crippen LogP contribution in [-0.2, 0) is 11.0 Å². The maximum absolute atomic E-state index is 12.6. The molecule has 1 aliphatic heterocycles. The number of rotatable bonds is 2. The van der Waals surface area contributed by atoms with E-state index < -0.39 is 48.9 Å². The number of aromatic nitrogens is 1. The monoisotopic (exact) mass is 314 g/mol. The molecule has 0 atom stereocenters. The van der Waals surface area contributed by atoms with Gasteiger partial charge in [-0.15, -0.1) is 0 Å². The Hall–Kier alpha value is -2.00. The van der Waals surface area contributed by atoms with E-state index >= 15 is 0 Å². The quantitative estimate of drug-likeness (QED) is 0.786. The van der Waals surface area contributed by atoms with Gasteiger partial charge in [-0.25, -0.2) is 4.98 Å². The summed E-state index contributed by atoms with van der Waals surface area (Å²) >= 11 is 0. The molecule has 0 N–H and O–H groups in total. The first-order valence-corrected chi connectivity index (χ1v) is 5.64. The molecule has 0 radical (unpaired) electrons.